The molecule has 4 rings (SSSR count). The van der Waals surface area contributed by atoms with Gasteiger partial charge in [0, 0.05) is 0 Å². The van der Waals surface area contributed by atoms with E-state index >= 15 is 0 Å². The molecule has 1 heterocycles. The van der Waals surface area contributed by atoms with Crippen molar-refractivity contribution in [2.45, 2.75) is 31.2 Å². The molecule has 2 aliphatic rings. The monoisotopic (exact) mass is 392 g/mol. The third-order valence-electron chi connectivity index (χ3n) is 4.83. The summed E-state index contributed by atoms with van der Waals surface area (Å²) in [5.74, 6) is -1.11. The van der Waals surface area contributed by atoms with Crippen LogP contribution in [-0.2, 0) is 37.0 Å². The van der Waals surface area contributed by atoms with E-state index < -0.39 is 5.79 Å². The van der Waals surface area contributed by atoms with Crippen LogP contribution in [0.3, 0.4) is 0 Å². The van der Waals surface area contributed by atoms with Crippen LogP contribution >= 0.6 is 0 Å². The van der Waals surface area contributed by atoms with E-state index in [1.165, 1.54) is 12.2 Å². The number of hydrogen-bond acceptors (Lipinski definition) is 5. The van der Waals surface area contributed by atoms with Gasteiger partial charge in [0.1, 0.15) is 12.2 Å². The molecular weight excluding hydrogens is 368 g/mol. The first-order valence-electron chi connectivity index (χ1n) is 9.74. The van der Waals surface area contributed by atoms with Gasteiger partial charge < -0.3 is 18.9 Å². The molecule has 29 heavy (non-hydrogen) atoms. The van der Waals surface area contributed by atoms with E-state index in [0.717, 1.165) is 11.1 Å². The lowest BCUT2D eigenvalue weighted by atomic mass is 10.1. The fourth-order valence-electron chi connectivity index (χ4n) is 3.33. The van der Waals surface area contributed by atoms with Gasteiger partial charge in [0.2, 0.25) is 5.79 Å². The SMILES string of the molecule is O=C1C=CC2(C=C1)O[C@H](COCc1ccccc1)[C@@H](COCc1ccccc1)O2. The molecule has 1 fully saturated rings. The number of benzene rings is 2. The maximum Gasteiger partial charge on any atom is 0.209 e. The topological polar surface area (TPSA) is 54.0 Å². The number of allylic oxidation sites excluding steroid dienone is 2. The molecule has 150 valence electrons. The number of ketones is 1. The average molecular weight is 392 g/mol. The molecule has 0 unspecified atom stereocenters. The lowest BCUT2D eigenvalue weighted by Crippen LogP contribution is -2.31. The summed E-state index contributed by atoms with van der Waals surface area (Å²) in [5, 5.41) is 0. The summed E-state index contributed by atoms with van der Waals surface area (Å²) in [6.45, 7) is 1.72. The number of hydrogen-bond donors (Lipinski definition) is 0. The maximum atomic E-state index is 11.5. The molecule has 2 aromatic carbocycles. The third kappa shape index (κ3) is 5.28. The molecule has 0 radical (unpaired) electrons. The molecule has 1 spiro atoms. The zero-order valence-corrected chi connectivity index (χ0v) is 16.1. The molecule has 0 aromatic heterocycles. The number of carbonyl (C=O) groups is 1. The molecule has 1 aliphatic heterocycles. The Labute approximate surface area is 170 Å². The van der Waals surface area contributed by atoms with E-state index in [-0.39, 0.29) is 18.0 Å². The van der Waals surface area contributed by atoms with Gasteiger partial charge in [-0.3, -0.25) is 4.79 Å². The highest BCUT2D eigenvalue weighted by molar-refractivity contribution is 6.00. The fourth-order valence-corrected chi connectivity index (χ4v) is 3.33. The third-order valence-corrected chi connectivity index (χ3v) is 4.83. The van der Waals surface area contributed by atoms with Gasteiger partial charge in [-0.25, -0.2) is 0 Å². The Morgan fingerprint density at radius 1 is 0.724 bits per heavy atom. The summed E-state index contributed by atoms with van der Waals surface area (Å²) >= 11 is 0. The maximum absolute atomic E-state index is 11.5. The number of carbonyl (C=O) groups excluding carboxylic acids is 1. The molecule has 1 aliphatic carbocycles. The van der Waals surface area contributed by atoms with E-state index in [1.54, 1.807) is 12.2 Å². The average Bonchev–Trinajstić information content (AvgIpc) is 3.09. The smallest absolute Gasteiger partial charge is 0.209 e. The molecule has 2 aromatic rings. The second-order valence-electron chi connectivity index (χ2n) is 7.10. The predicted molar refractivity (Wildman–Crippen MR) is 108 cm³/mol. The van der Waals surface area contributed by atoms with Crippen molar-refractivity contribution in [2.24, 2.45) is 0 Å². The van der Waals surface area contributed by atoms with Crippen LogP contribution in [0, 0.1) is 0 Å². The number of rotatable bonds is 8. The molecule has 5 nitrogen and oxygen atoms in total. The fraction of sp³-hybridized carbons (Fsp3) is 0.292. The summed E-state index contributed by atoms with van der Waals surface area (Å²) in [5.41, 5.74) is 2.20. The largest absolute Gasteiger partial charge is 0.374 e. The van der Waals surface area contributed by atoms with E-state index in [1.807, 2.05) is 60.7 Å². The van der Waals surface area contributed by atoms with Crippen molar-refractivity contribution in [3.8, 4) is 0 Å². The Kier molecular flexibility index (Phi) is 6.32. The van der Waals surface area contributed by atoms with E-state index in [4.69, 9.17) is 18.9 Å². The molecule has 0 bridgehead atoms. The molecular formula is C24H24O5. The summed E-state index contributed by atoms with van der Waals surface area (Å²) in [7, 11) is 0. The van der Waals surface area contributed by atoms with Crippen LogP contribution in [0.4, 0.5) is 0 Å². The molecule has 5 heteroatoms. The van der Waals surface area contributed by atoms with Crippen LogP contribution in [0.25, 0.3) is 0 Å². The summed E-state index contributed by atoms with van der Waals surface area (Å²) in [4.78, 5) is 11.5. The van der Waals surface area contributed by atoms with Gasteiger partial charge in [0.05, 0.1) is 26.4 Å². The standard InChI is InChI=1S/C24H24O5/c25-21-11-13-24(14-12-21)28-22(17-26-15-19-7-3-1-4-8-19)23(29-24)18-27-16-20-9-5-2-6-10-20/h1-14,22-23H,15-18H2/t22-,23-/m1/s1. The lowest BCUT2D eigenvalue weighted by Gasteiger charge is -2.22. The quantitative estimate of drug-likeness (QED) is 0.687. The lowest BCUT2D eigenvalue weighted by molar-refractivity contribution is -0.119. The zero-order chi connectivity index (χ0) is 19.9. The van der Waals surface area contributed by atoms with Gasteiger partial charge in [-0.15, -0.1) is 0 Å². The first-order chi connectivity index (χ1) is 14.2. The van der Waals surface area contributed by atoms with Gasteiger partial charge in [0.25, 0.3) is 0 Å². The minimum absolute atomic E-state index is 0.0801. The molecule has 0 N–H and O–H groups in total. The van der Waals surface area contributed by atoms with Crippen LogP contribution in [0.15, 0.2) is 85.0 Å². The Hall–Kier alpha value is -2.57. The zero-order valence-electron chi connectivity index (χ0n) is 16.1. The minimum Gasteiger partial charge on any atom is -0.374 e. The first kappa shape index (κ1) is 19.7. The minimum atomic E-state index is -1.03. The number of ether oxygens (including phenoxy) is 4. The second-order valence-corrected chi connectivity index (χ2v) is 7.10. The Morgan fingerprint density at radius 3 is 1.62 bits per heavy atom. The molecule has 2 atom stereocenters. The normalized spacial score (nSPS) is 22.4. The highest BCUT2D eigenvalue weighted by atomic mass is 16.8. The summed E-state index contributed by atoms with van der Waals surface area (Å²) in [6.07, 6.45) is 5.62. The summed E-state index contributed by atoms with van der Waals surface area (Å²) in [6, 6.07) is 20.0. The highest BCUT2D eigenvalue weighted by Crippen LogP contribution is 2.33. The van der Waals surface area contributed by atoms with E-state index in [0.29, 0.717) is 26.4 Å². The Morgan fingerprint density at radius 2 is 1.17 bits per heavy atom. The Bertz CT molecular complexity index is 788. The van der Waals surface area contributed by atoms with Crippen LogP contribution in [0.2, 0.25) is 0 Å². The Balaban J connectivity index is 1.36. The highest BCUT2D eigenvalue weighted by Gasteiger charge is 2.45. The summed E-state index contributed by atoms with van der Waals surface area (Å²) < 4.78 is 24.0. The van der Waals surface area contributed by atoms with Crippen molar-refractivity contribution in [1.29, 1.82) is 0 Å². The van der Waals surface area contributed by atoms with Crippen LogP contribution in [0.5, 0.6) is 0 Å². The van der Waals surface area contributed by atoms with Gasteiger partial charge in [0.15, 0.2) is 5.78 Å². The molecule has 0 amide bonds. The van der Waals surface area contributed by atoms with Crippen molar-refractivity contribution < 1.29 is 23.7 Å². The van der Waals surface area contributed by atoms with Crippen LogP contribution in [-0.4, -0.2) is 37.0 Å². The van der Waals surface area contributed by atoms with Crippen molar-refractivity contribution in [1.82, 2.24) is 0 Å². The van der Waals surface area contributed by atoms with Gasteiger partial charge >= 0.3 is 0 Å². The first-order valence-corrected chi connectivity index (χ1v) is 9.74. The van der Waals surface area contributed by atoms with Crippen molar-refractivity contribution in [2.75, 3.05) is 13.2 Å². The van der Waals surface area contributed by atoms with Crippen molar-refractivity contribution in [3.05, 3.63) is 96.1 Å². The second kappa shape index (κ2) is 9.29. The van der Waals surface area contributed by atoms with E-state index in [9.17, 15) is 4.79 Å². The van der Waals surface area contributed by atoms with Crippen LogP contribution in [0.1, 0.15) is 11.1 Å². The molecule has 0 saturated carbocycles. The van der Waals surface area contributed by atoms with Gasteiger partial charge in [-0.2, -0.15) is 0 Å². The van der Waals surface area contributed by atoms with Gasteiger partial charge in [-0.1, -0.05) is 60.7 Å². The van der Waals surface area contributed by atoms with Crippen molar-refractivity contribution >= 4 is 5.78 Å². The van der Waals surface area contributed by atoms with Gasteiger partial charge in [-0.05, 0) is 35.4 Å². The van der Waals surface area contributed by atoms with Crippen LogP contribution < -0.4 is 0 Å². The molecule has 1 saturated heterocycles. The van der Waals surface area contributed by atoms with E-state index in [2.05, 4.69) is 0 Å². The predicted octanol–water partition coefficient (Wildman–Crippen LogP) is 3.60. The van der Waals surface area contributed by atoms with Crippen molar-refractivity contribution in [3.63, 3.8) is 0 Å².